The number of hydrogen-bond acceptors (Lipinski definition) is 4. The number of carbonyl (C=O) groups excluding carboxylic acids is 1. The highest BCUT2D eigenvalue weighted by Crippen LogP contribution is 2.24. The van der Waals surface area contributed by atoms with Gasteiger partial charge in [0.05, 0.1) is 11.7 Å². The van der Waals surface area contributed by atoms with E-state index < -0.39 is 0 Å². The van der Waals surface area contributed by atoms with Crippen LogP contribution in [0.2, 0.25) is 0 Å². The Balaban J connectivity index is 1.51. The molecule has 0 radical (unpaired) electrons. The minimum absolute atomic E-state index is 0.0110. The molecule has 0 spiro atoms. The first kappa shape index (κ1) is 16.0. The first-order chi connectivity index (χ1) is 12.1. The Labute approximate surface area is 143 Å². The van der Waals surface area contributed by atoms with Crippen molar-refractivity contribution in [3.05, 3.63) is 52.6 Å². The van der Waals surface area contributed by atoms with Gasteiger partial charge in [0.15, 0.2) is 0 Å². The molecule has 2 aromatic rings. The summed E-state index contributed by atoms with van der Waals surface area (Å²) >= 11 is 0. The molecule has 7 heteroatoms. The predicted octanol–water partition coefficient (Wildman–Crippen LogP) is 1.61. The molecule has 2 saturated heterocycles. The number of ether oxygens (including phenoxy) is 1. The van der Waals surface area contributed by atoms with E-state index in [9.17, 15) is 14.0 Å². The van der Waals surface area contributed by atoms with Crippen molar-refractivity contribution in [1.82, 2.24) is 14.7 Å². The summed E-state index contributed by atoms with van der Waals surface area (Å²) in [6.07, 6.45) is 1.32. The van der Waals surface area contributed by atoms with Crippen molar-refractivity contribution >= 4 is 5.91 Å². The zero-order valence-corrected chi connectivity index (χ0v) is 13.6. The van der Waals surface area contributed by atoms with Crippen LogP contribution >= 0.6 is 0 Å². The van der Waals surface area contributed by atoms with Gasteiger partial charge in [0, 0.05) is 31.3 Å². The fourth-order valence-electron chi connectivity index (χ4n) is 3.25. The van der Waals surface area contributed by atoms with Gasteiger partial charge < -0.3 is 9.64 Å². The summed E-state index contributed by atoms with van der Waals surface area (Å²) in [6, 6.07) is 8.94. The van der Waals surface area contributed by atoms with E-state index in [0.717, 1.165) is 12.8 Å². The Hall–Kier alpha value is -2.54. The van der Waals surface area contributed by atoms with E-state index in [2.05, 4.69) is 5.10 Å². The molecule has 1 amide bonds. The average Bonchev–Trinajstić information content (AvgIpc) is 3.09. The van der Waals surface area contributed by atoms with Gasteiger partial charge in [-0.3, -0.25) is 9.59 Å². The van der Waals surface area contributed by atoms with Crippen LogP contribution in [0.25, 0.3) is 11.3 Å². The Morgan fingerprint density at radius 1 is 1.24 bits per heavy atom. The fourth-order valence-corrected chi connectivity index (χ4v) is 3.25. The number of carbonyl (C=O) groups is 1. The van der Waals surface area contributed by atoms with Crippen molar-refractivity contribution in [1.29, 1.82) is 0 Å². The second-order valence-corrected chi connectivity index (χ2v) is 6.41. The lowest BCUT2D eigenvalue weighted by molar-refractivity contribution is -0.147. The number of amides is 1. The van der Waals surface area contributed by atoms with Crippen molar-refractivity contribution in [3.63, 3.8) is 0 Å². The quantitative estimate of drug-likeness (QED) is 0.849. The van der Waals surface area contributed by atoms with Gasteiger partial charge in [-0.2, -0.15) is 5.10 Å². The summed E-state index contributed by atoms with van der Waals surface area (Å²) < 4.78 is 20.2. The number of aromatic nitrogens is 2. The third-order valence-electron chi connectivity index (χ3n) is 4.67. The molecular formula is C18H18FN3O3. The van der Waals surface area contributed by atoms with Crippen LogP contribution in [0.5, 0.6) is 0 Å². The molecule has 4 rings (SSSR count). The highest BCUT2D eigenvalue weighted by Gasteiger charge is 2.37. The van der Waals surface area contributed by atoms with Crippen molar-refractivity contribution in [2.75, 3.05) is 19.7 Å². The third kappa shape index (κ3) is 3.07. The van der Waals surface area contributed by atoms with Gasteiger partial charge in [-0.15, -0.1) is 0 Å². The zero-order valence-electron chi connectivity index (χ0n) is 13.6. The minimum Gasteiger partial charge on any atom is -0.368 e. The van der Waals surface area contributed by atoms with Gasteiger partial charge in [0.1, 0.15) is 11.9 Å². The number of likely N-dealkylation sites (tertiary alicyclic amines) is 1. The Morgan fingerprint density at radius 3 is 2.80 bits per heavy atom. The van der Waals surface area contributed by atoms with Crippen LogP contribution in [0.4, 0.5) is 4.39 Å². The van der Waals surface area contributed by atoms with E-state index in [1.165, 1.54) is 22.9 Å². The maximum Gasteiger partial charge on any atom is 0.267 e. The van der Waals surface area contributed by atoms with Gasteiger partial charge in [-0.05, 0) is 31.0 Å². The van der Waals surface area contributed by atoms with Crippen LogP contribution in [-0.4, -0.2) is 46.4 Å². The average molecular weight is 343 g/mol. The standard InChI is InChI=1S/C18H18FN3O3/c19-13-4-1-3-12(9-13)15-6-7-17(23)22(20-15)14-10-21(11-14)18(24)16-5-2-8-25-16/h1,3-4,6-7,9,14,16H,2,5,8,10-11H2. The Kier molecular flexibility index (Phi) is 4.09. The molecule has 6 nitrogen and oxygen atoms in total. The van der Waals surface area contributed by atoms with Gasteiger partial charge >= 0.3 is 0 Å². The molecule has 3 heterocycles. The number of halogens is 1. The third-order valence-corrected chi connectivity index (χ3v) is 4.67. The molecule has 1 atom stereocenters. The molecule has 130 valence electrons. The van der Waals surface area contributed by atoms with E-state index >= 15 is 0 Å². The lowest BCUT2D eigenvalue weighted by Crippen LogP contribution is -2.55. The normalized spacial score (nSPS) is 20.5. The molecule has 0 bridgehead atoms. The molecule has 0 saturated carbocycles. The Bertz CT molecular complexity index is 855. The van der Waals surface area contributed by atoms with Crippen molar-refractivity contribution in [3.8, 4) is 11.3 Å². The molecule has 1 aromatic carbocycles. The number of hydrogen-bond donors (Lipinski definition) is 0. The topological polar surface area (TPSA) is 64.4 Å². The number of nitrogens with zero attached hydrogens (tertiary/aromatic N) is 3. The number of rotatable bonds is 3. The van der Waals surface area contributed by atoms with E-state index in [4.69, 9.17) is 4.74 Å². The first-order valence-electron chi connectivity index (χ1n) is 8.38. The SMILES string of the molecule is O=C(C1CCCO1)N1CC(n2nc(-c3cccc(F)c3)ccc2=O)C1. The van der Waals surface area contributed by atoms with Crippen LogP contribution in [0.3, 0.4) is 0 Å². The lowest BCUT2D eigenvalue weighted by Gasteiger charge is -2.40. The molecule has 0 N–H and O–H groups in total. The molecular weight excluding hydrogens is 325 g/mol. The highest BCUT2D eigenvalue weighted by atomic mass is 19.1. The first-order valence-corrected chi connectivity index (χ1v) is 8.38. The van der Waals surface area contributed by atoms with Crippen LogP contribution in [0, 0.1) is 5.82 Å². The maximum absolute atomic E-state index is 13.4. The van der Waals surface area contributed by atoms with Crippen molar-refractivity contribution in [2.45, 2.75) is 25.0 Å². The van der Waals surface area contributed by atoms with Crippen molar-refractivity contribution < 1.29 is 13.9 Å². The Morgan fingerprint density at radius 2 is 2.08 bits per heavy atom. The summed E-state index contributed by atoms with van der Waals surface area (Å²) in [6.45, 7) is 1.51. The summed E-state index contributed by atoms with van der Waals surface area (Å²) in [5, 5.41) is 4.37. The van der Waals surface area contributed by atoms with Crippen LogP contribution < -0.4 is 5.56 Å². The van der Waals surface area contributed by atoms with Crippen LogP contribution in [0.15, 0.2) is 41.2 Å². The second kappa shape index (κ2) is 6.40. The summed E-state index contributed by atoms with van der Waals surface area (Å²) in [5.41, 5.74) is 0.915. The molecule has 2 aliphatic heterocycles. The second-order valence-electron chi connectivity index (χ2n) is 6.41. The minimum atomic E-state index is -0.353. The lowest BCUT2D eigenvalue weighted by atomic mass is 10.1. The van der Waals surface area contributed by atoms with Gasteiger partial charge in [0.2, 0.25) is 0 Å². The van der Waals surface area contributed by atoms with Gasteiger partial charge in [-0.1, -0.05) is 12.1 Å². The summed E-state index contributed by atoms with van der Waals surface area (Å²) in [4.78, 5) is 26.1. The number of benzene rings is 1. The molecule has 0 aliphatic carbocycles. The van der Waals surface area contributed by atoms with Crippen LogP contribution in [0.1, 0.15) is 18.9 Å². The van der Waals surface area contributed by atoms with Gasteiger partial charge in [-0.25, -0.2) is 9.07 Å². The predicted molar refractivity (Wildman–Crippen MR) is 88.5 cm³/mol. The van der Waals surface area contributed by atoms with E-state index in [1.54, 1.807) is 23.1 Å². The molecule has 1 unspecified atom stereocenters. The van der Waals surface area contributed by atoms with E-state index in [-0.39, 0.29) is 29.4 Å². The van der Waals surface area contributed by atoms with Gasteiger partial charge in [0.25, 0.3) is 11.5 Å². The molecule has 1 aromatic heterocycles. The monoisotopic (exact) mass is 343 g/mol. The smallest absolute Gasteiger partial charge is 0.267 e. The zero-order chi connectivity index (χ0) is 17.4. The summed E-state index contributed by atoms with van der Waals surface area (Å²) in [5.74, 6) is -0.364. The molecule has 25 heavy (non-hydrogen) atoms. The highest BCUT2D eigenvalue weighted by molar-refractivity contribution is 5.82. The van der Waals surface area contributed by atoms with Crippen molar-refractivity contribution in [2.24, 2.45) is 0 Å². The van der Waals surface area contributed by atoms with E-state index in [0.29, 0.717) is 31.0 Å². The maximum atomic E-state index is 13.4. The largest absolute Gasteiger partial charge is 0.368 e. The fraction of sp³-hybridized carbons (Fsp3) is 0.389. The van der Waals surface area contributed by atoms with E-state index in [1.807, 2.05) is 0 Å². The molecule has 2 fully saturated rings. The summed E-state index contributed by atoms with van der Waals surface area (Å²) in [7, 11) is 0. The molecule has 2 aliphatic rings. The van der Waals surface area contributed by atoms with Crippen LogP contribution in [-0.2, 0) is 9.53 Å².